The second-order valence-corrected chi connectivity index (χ2v) is 6.33. The van der Waals surface area contributed by atoms with Crippen molar-refractivity contribution in [2.24, 2.45) is 5.92 Å². The van der Waals surface area contributed by atoms with Crippen molar-refractivity contribution in [3.63, 3.8) is 0 Å². The van der Waals surface area contributed by atoms with Gasteiger partial charge in [-0.1, -0.05) is 37.6 Å². The monoisotopic (exact) mass is 334 g/mol. The summed E-state index contributed by atoms with van der Waals surface area (Å²) in [5, 5.41) is 3.18. The Morgan fingerprint density at radius 3 is 2.55 bits per heavy atom. The summed E-state index contributed by atoms with van der Waals surface area (Å²) in [6.45, 7) is 3.69. The highest BCUT2D eigenvalue weighted by Crippen LogP contribution is 2.29. The molecule has 0 unspecified atom stereocenters. The molecular weight excluding hydrogens is 320 g/mol. The number of rotatable bonds is 4. The predicted molar refractivity (Wildman–Crippen MR) is 89.3 cm³/mol. The van der Waals surface area contributed by atoms with Crippen molar-refractivity contribution in [1.29, 1.82) is 0 Å². The number of pyridine rings is 1. The van der Waals surface area contributed by atoms with E-state index < -0.39 is 0 Å². The van der Waals surface area contributed by atoms with Crippen LogP contribution < -0.4 is 5.32 Å². The van der Waals surface area contributed by atoms with Gasteiger partial charge in [-0.15, -0.1) is 0 Å². The number of anilines is 1. The highest BCUT2D eigenvalue weighted by atomic mass is 35.5. The standard InChI is InChI=1S/C16H15ClN2O2S/c1-10(2)16(21)22-13-6-4-3-5-12(13)19-15(20)11-7-8-14(17)18-9-11/h3-10H,1-2H3,(H,19,20). The number of halogens is 1. The Hall–Kier alpha value is -1.85. The van der Waals surface area contributed by atoms with Crippen LogP contribution in [0.2, 0.25) is 5.15 Å². The molecule has 114 valence electrons. The van der Waals surface area contributed by atoms with Crippen molar-refractivity contribution < 1.29 is 9.59 Å². The lowest BCUT2D eigenvalue weighted by molar-refractivity contribution is -0.113. The molecule has 0 saturated carbocycles. The third-order valence-electron chi connectivity index (χ3n) is 2.81. The normalized spacial score (nSPS) is 10.5. The average Bonchev–Trinajstić information content (AvgIpc) is 2.49. The third kappa shape index (κ3) is 4.32. The van der Waals surface area contributed by atoms with Crippen LogP contribution in [0.25, 0.3) is 0 Å². The smallest absolute Gasteiger partial charge is 0.257 e. The van der Waals surface area contributed by atoms with E-state index >= 15 is 0 Å². The van der Waals surface area contributed by atoms with Gasteiger partial charge in [0.15, 0.2) is 5.12 Å². The van der Waals surface area contributed by atoms with Crippen LogP contribution in [0.3, 0.4) is 0 Å². The molecule has 1 N–H and O–H groups in total. The molecule has 6 heteroatoms. The summed E-state index contributed by atoms with van der Waals surface area (Å²) in [7, 11) is 0. The van der Waals surface area contributed by atoms with Gasteiger partial charge in [0.05, 0.1) is 11.3 Å². The van der Waals surface area contributed by atoms with Crippen LogP contribution in [0.15, 0.2) is 47.5 Å². The number of carbonyl (C=O) groups is 2. The summed E-state index contributed by atoms with van der Waals surface area (Å²) in [5.74, 6) is -0.372. The average molecular weight is 335 g/mol. The van der Waals surface area contributed by atoms with Crippen LogP contribution in [0.4, 0.5) is 5.69 Å². The van der Waals surface area contributed by atoms with E-state index in [0.717, 1.165) is 16.7 Å². The number of amides is 1. The molecule has 22 heavy (non-hydrogen) atoms. The largest absolute Gasteiger partial charge is 0.321 e. The topological polar surface area (TPSA) is 59.1 Å². The number of carbonyl (C=O) groups excluding carboxylic acids is 2. The number of thioether (sulfide) groups is 1. The summed E-state index contributed by atoms with van der Waals surface area (Å²) in [4.78, 5) is 28.7. The molecule has 0 aliphatic rings. The maximum atomic E-state index is 12.2. The maximum Gasteiger partial charge on any atom is 0.257 e. The molecule has 0 spiro atoms. The van der Waals surface area contributed by atoms with Crippen LogP contribution in [0, 0.1) is 5.92 Å². The van der Waals surface area contributed by atoms with Crippen molar-refractivity contribution >= 4 is 40.1 Å². The van der Waals surface area contributed by atoms with Gasteiger partial charge in [0, 0.05) is 17.0 Å². The van der Waals surface area contributed by atoms with Gasteiger partial charge in [-0.2, -0.15) is 0 Å². The summed E-state index contributed by atoms with van der Waals surface area (Å²) >= 11 is 6.83. The van der Waals surface area contributed by atoms with E-state index in [1.165, 1.54) is 6.20 Å². The van der Waals surface area contributed by atoms with Crippen molar-refractivity contribution in [1.82, 2.24) is 4.98 Å². The van der Waals surface area contributed by atoms with Crippen molar-refractivity contribution in [3.8, 4) is 0 Å². The Balaban J connectivity index is 2.17. The second kappa shape index (κ2) is 7.42. The fraction of sp³-hybridized carbons (Fsp3) is 0.188. The summed E-state index contributed by atoms with van der Waals surface area (Å²) in [5.41, 5.74) is 1.00. The van der Waals surface area contributed by atoms with Gasteiger partial charge >= 0.3 is 0 Å². The summed E-state index contributed by atoms with van der Waals surface area (Å²) in [6, 6.07) is 10.4. The molecule has 0 aliphatic carbocycles. The lowest BCUT2D eigenvalue weighted by Gasteiger charge is -2.11. The quantitative estimate of drug-likeness (QED) is 0.670. The van der Waals surface area contributed by atoms with Gasteiger partial charge in [0.25, 0.3) is 5.91 Å². The van der Waals surface area contributed by atoms with Crippen LogP contribution >= 0.6 is 23.4 Å². The molecule has 0 saturated heterocycles. The Labute approximate surface area is 138 Å². The van der Waals surface area contributed by atoms with Crippen LogP contribution in [0.1, 0.15) is 24.2 Å². The van der Waals surface area contributed by atoms with E-state index in [0.29, 0.717) is 16.4 Å². The minimum atomic E-state index is -0.297. The van der Waals surface area contributed by atoms with Crippen molar-refractivity contribution in [3.05, 3.63) is 53.3 Å². The Bertz CT molecular complexity index is 687. The van der Waals surface area contributed by atoms with Gasteiger partial charge in [-0.3, -0.25) is 9.59 Å². The zero-order valence-electron chi connectivity index (χ0n) is 12.2. The van der Waals surface area contributed by atoms with Gasteiger partial charge in [0.2, 0.25) is 0 Å². The molecule has 1 amide bonds. The van der Waals surface area contributed by atoms with E-state index in [2.05, 4.69) is 10.3 Å². The Morgan fingerprint density at radius 2 is 1.91 bits per heavy atom. The number of hydrogen-bond acceptors (Lipinski definition) is 4. The van der Waals surface area contributed by atoms with Crippen LogP contribution in [-0.2, 0) is 4.79 Å². The van der Waals surface area contributed by atoms with E-state index in [-0.39, 0.29) is 16.9 Å². The molecule has 1 aromatic heterocycles. The van der Waals surface area contributed by atoms with Gasteiger partial charge in [-0.05, 0) is 36.0 Å². The Morgan fingerprint density at radius 1 is 1.18 bits per heavy atom. The number of hydrogen-bond donors (Lipinski definition) is 1. The van der Waals surface area contributed by atoms with Crippen LogP contribution in [-0.4, -0.2) is 16.0 Å². The molecule has 0 fully saturated rings. The van der Waals surface area contributed by atoms with E-state index in [4.69, 9.17) is 11.6 Å². The minimum absolute atomic E-state index is 0.0508. The lowest BCUT2D eigenvalue weighted by Crippen LogP contribution is -2.13. The number of benzene rings is 1. The molecule has 0 atom stereocenters. The van der Waals surface area contributed by atoms with E-state index in [1.54, 1.807) is 30.3 Å². The first-order valence-corrected chi connectivity index (χ1v) is 7.90. The third-order valence-corrected chi connectivity index (χ3v) is 4.28. The molecular formula is C16H15ClN2O2S. The first-order chi connectivity index (χ1) is 10.5. The fourth-order valence-corrected chi connectivity index (χ4v) is 2.53. The van der Waals surface area contributed by atoms with E-state index in [9.17, 15) is 9.59 Å². The number of aromatic nitrogens is 1. The molecule has 0 radical (unpaired) electrons. The van der Waals surface area contributed by atoms with Crippen LogP contribution in [0.5, 0.6) is 0 Å². The minimum Gasteiger partial charge on any atom is -0.321 e. The predicted octanol–water partition coefficient (Wildman–Crippen LogP) is 4.26. The number of para-hydroxylation sites is 1. The zero-order chi connectivity index (χ0) is 16.1. The zero-order valence-corrected chi connectivity index (χ0v) is 13.7. The summed E-state index contributed by atoms with van der Waals surface area (Å²) < 4.78 is 0. The molecule has 4 nitrogen and oxygen atoms in total. The second-order valence-electron chi connectivity index (χ2n) is 4.90. The Kier molecular flexibility index (Phi) is 5.57. The molecule has 0 bridgehead atoms. The number of nitrogens with zero attached hydrogens (tertiary/aromatic N) is 1. The van der Waals surface area contributed by atoms with Crippen molar-refractivity contribution in [2.45, 2.75) is 18.7 Å². The summed E-state index contributed by atoms with van der Waals surface area (Å²) in [6.07, 6.45) is 1.41. The number of nitrogens with one attached hydrogen (secondary N) is 1. The maximum absolute atomic E-state index is 12.2. The molecule has 0 aliphatic heterocycles. The lowest BCUT2D eigenvalue weighted by atomic mass is 10.2. The van der Waals surface area contributed by atoms with E-state index in [1.807, 2.05) is 19.9 Å². The highest BCUT2D eigenvalue weighted by Gasteiger charge is 2.14. The van der Waals surface area contributed by atoms with Crippen molar-refractivity contribution in [2.75, 3.05) is 5.32 Å². The molecule has 1 heterocycles. The van der Waals surface area contributed by atoms with Gasteiger partial charge in [0.1, 0.15) is 5.15 Å². The molecule has 1 aromatic carbocycles. The highest BCUT2D eigenvalue weighted by molar-refractivity contribution is 8.13. The SMILES string of the molecule is CC(C)C(=O)Sc1ccccc1NC(=O)c1ccc(Cl)nc1. The van der Waals surface area contributed by atoms with Gasteiger partial charge in [-0.25, -0.2) is 4.98 Å². The molecule has 2 aromatic rings. The fourth-order valence-electron chi connectivity index (χ4n) is 1.59. The first-order valence-electron chi connectivity index (χ1n) is 6.71. The first kappa shape index (κ1) is 16.5. The molecule has 2 rings (SSSR count). The van der Waals surface area contributed by atoms with Gasteiger partial charge < -0.3 is 5.32 Å².